The van der Waals surface area contributed by atoms with Gasteiger partial charge in [-0.05, 0) is 42.3 Å². The lowest BCUT2D eigenvalue weighted by atomic mass is 10.0. The number of ether oxygens (including phenoxy) is 1. The van der Waals surface area contributed by atoms with Crippen LogP contribution in [0.15, 0.2) is 60.9 Å². The van der Waals surface area contributed by atoms with Crippen molar-refractivity contribution in [2.45, 2.75) is 26.0 Å². The number of benzene rings is 2. The number of rotatable bonds is 7. The summed E-state index contributed by atoms with van der Waals surface area (Å²) in [5, 5.41) is 19.6. The lowest BCUT2D eigenvalue weighted by Crippen LogP contribution is -2.51. The van der Waals surface area contributed by atoms with E-state index in [2.05, 4.69) is 16.8 Å². The molecule has 176 valence electrons. The first-order chi connectivity index (χ1) is 16.4. The zero-order chi connectivity index (χ0) is 24.1. The van der Waals surface area contributed by atoms with E-state index in [0.717, 1.165) is 35.5 Å². The first-order valence-corrected chi connectivity index (χ1v) is 11.4. The van der Waals surface area contributed by atoms with Crippen molar-refractivity contribution in [2.24, 2.45) is 5.92 Å². The van der Waals surface area contributed by atoms with Crippen molar-refractivity contribution in [3.8, 4) is 28.7 Å². The van der Waals surface area contributed by atoms with Crippen molar-refractivity contribution in [3.63, 3.8) is 0 Å². The smallest absolute Gasteiger partial charge is 0.219 e. The van der Waals surface area contributed by atoms with E-state index in [1.807, 2.05) is 53.4 Å². The van der Waals surface area contributed by atoms with E-state index in [1.54, 1.807) is 30.8 Å². The Hall–Kier alpha value is -3.60. The van der Waals surface area contributed by atoms with E-state index in [-0.39, 0.29) is 12.5 Å². The van der Waals surface area contributed by atoms with Gasteiger partial charge in [-0.2, -0.15) is 0 Å². The number of aliphatic hydroxyl groups is 2. The second-order valence-electron chi connectivity index (χ2n) is 8.54. The molecule has 1 saturated heterocycles. The summed E-state index contributed by atoms with van der Waals surface area (Å²) in [7, 11) is 0. The summed E-state index contributed by atoms with van der Waals surface area (Å²) in [5.74, 6) is 7.98. The van der Waals surface area contributed by atoms with Gasteiger partial charge in [-0.15, -0.1) is 0 Å². The van der Waals surface area contributed by atoms with Crippen LogP contribution in [0.25, 0.3) is 11.1 Å². The number of aliphatic hydroxyl groups excluding tert-OH is 2. The average Bonchev–Trinajstić information content (AvgIpc) is 3.29. The fourth-order valence-electron chi connectivity index (χ4n) is 3.92. The fourth-order valence-corrected chi connectivity index (χ4v) is 3.92. The molecule has 2 aromatic carbocycles. The molecule has 0 aliphatic carbocycles. The number of nitrogens with zero attached hydrogens (tertiary/aromatic N) is 3. The Bertz CT molecular complexity index is 1170. The van der Waals surface area contributed by atoms with Crippen LogP contribution in [0.1, 0.15) is 37.4 Å². The standard InChI is InChI=1S/C27H29N3O4/c1-19(32)27-28-13-14-30(27)25(17-31)10-5-21-3-6-23(7-4-21)24-8-11-26(12-9-24)34-18-22-15-29(16-22)20(2)33/h3-4,6-9,11-14,19,22,25,31-32H,15-18H2,1-2H3/t19-,25-/m0/s1. The van der Waals surface area contributed by atoms with Gasteiger partial charge in [0.25, 0.3) is 0 Å². The number of hydrogen-bond acceptors (Lipinski definition) is 5. The summed E-state index contributed by atoms with van der Waals surface area (Å²) in [6, 6.07) is 15.4. The normalized spacial score (nSPS) is 15.1. The molecule has 0 saturated carbocycles. The van der Waals surface area contributed by atoms with Gasteiger partial charge in [-0.3, -0.25) is 4.79 Å². The molecule has 0 unspecified atom stereocenters. The maximum absolute atomic E-state index is 11.3. The van der Waals surface area contributed by atoms with Gasteiger partial charge >= 0.3 is 0 Å². The predicted octanol–water partition coefficient (Wildman–Crippen LogP) is 3.05. The maximum atomic E-state index is 11.3. The Morgan fingerprint density at radius 1 is 1.15 bits per heavy atom. The lowest BCUT2D eigenvalue weighted by Gasteiger charge is -2.38. The van der Waals surface area contributed by atoms with Crippen LogP contribution >= 0.6 is 0 Å². The largest absolute Gasteiger partial charge is 0.493 e. The Morgan fingerprint density at radius 3 is 2.38 bits per heavy atom. The number of carbonyl (C=O) groups excluding carboxylic acids is 1. The second kappa shape index (κ2) is 10.6. The number of aromatic nitrogens is 2. The fraction of sp³-hybridized carbons (Fsp3) is 0.333. The van der Waals surface area contributed by atoms with Crippen LogP contribution in [0, 0.1) is 17.8 Å². The molecule has 0 spiro atoms. The zero-order valence-corrected chi connectivity index (χ0v) is 19.4. The van der Waals surface area contributed by atoms with Gasteiger partial charge in [0.05, 0.1) is 13.2 Å². The van der Waals surface area contributed by atoms with Gasteiger partial charge in [-0.25, -0.2) is 4.98 Å². The van der Waals surface area contributed by atoms with Gasteiger partial charge in [-0.1, -0.05) is 36.1 Å². The van der Waals surface area contributed by atoms with Crippen molar-refractivity contribution in [2.75, 3.05) is 26.3 Å². The topological polar surface area (TPSA) is 87.8 Å². The van der Waals surface area contributed by atoms with Gasteiger partial charge in [0, 0.05) is 43.9 Å². The third-order valence-electron chi connectivity index (χ3n) is 5.92. The van der Waals surface area contributed by atoms with E-state index in [4.69, 9.17) is 4.74 Å². The number of likely N-dealkylation sites (tertiary alicyclic amines) is 1. The van der Waals surface area contributed by atoms with Gasteiger partial charge < -0.3 is 24.4 Å². The van der Waals surface area contributed by atoms with E-state index in [9.17, 15) is 15.0 Å². The van der Waals surface area contributed by atoms with E-state index in [1.165, 1.54) is 0 Å². The van der Waals surface area contributed by atoms with Crippen LogP contribution in [0.3, 0.4) is 0 Å². The van der Waals surface area contributed by atoms with Crippen LogP contribution < -0.4 is 4.74 Å². The van der Waals surface area contributed by atoms with Crippen molar-refractivity contribution >= 4 is 5.91 Å². The van der Waals surface area contributed by atoms with Gasteiger partial charge in [0.15, 0.2) is 0 Å². The van der Waals surface area contributed by atoms with Crippen molar-refractivity contribution in [1.29, 1.82) is 0 Å². The summed E-state index contributed by atoms with van der Waals surface area (Å²) < 4.78 is 7.56. The highest BCUT2D eigenvalue weighted by molar-refractivity contribution is 5.74. The van der Waals surface area contributed by atoms with Crippen LogP contribution in [0.2, 0.25) is 0 Å². The molecule has 1 aromatic heterocycles. The van der Waals surface area contributed by atoms with E-state index in [0.29, 0.717) is 18.3 Å². The van der Waals surface area contributed by atoms with E-state index < -0.39 is 12.1 Å². The summed E-state index contributed by atoms with van der Waals surface area (Å²) in [4.78, 5) is 17.2. The molecule has 7 heteroatoms. The minimum Gasteiger partial charge on any atom is -0.493 e. The van der Waals surface area contributed by atoms with Crippen LogP contribution in [0.5, 0.6) is 5.75 Å². The number of carbonyl (C=O) groups is 1. The number of imidazole rings is 1. The molecule has 1 aliphatic heterocycles. The molecular weight excluding hydrogens is 430 g/mol. The average molecular weight is 460 g/mol. The molecule has 2 N–H and O–H groups in total. The molecule has 4 rings (SSSR count). The van der Waals surface area contributed by atoms with Crippen molar-refractivity contribution < 1.29 is 19.7 Å². The van der Waals surface area contributed by atoms with Crippen molar-refractivity contribution in [1.82, 2.24) is 14.5 Å². The van der Waals surface area contributed by atoms with E-state index >= 15 is 0 Å². The van der Waals surface area contributed by atoms with Crippen molar-refractivity contribution in [3.05, 3.63) is 72.3 Å². The summed E-state index contributed by atoms with van der Waals surface area (Å²) in [6.45, 7) is 5.21. The Balaban J connectivity index is 1.35. The quantitative estimate of drug-likeness (QED) is 0.531. The summed E-state index contributed by atoms with van der Waals surface area (Å²) >= 11 is 0. The first kappa shape index (κ1) is 23.6. The molecule has 0 radical (unpaired) electrons. The van der Waals surface area contributed by atoms with Gasteiger partial charge in [0.2, 0.25) is 5.91 Å². The summed E-state index contributed by atoms with van der Waals surface area (Å²) in [5.41, 5.74) is 2.98. The molecule has 3 aromatic rings. The lowest BCUT2D eigenvalue weighted by molar-refractivity contribution is -0.135. The minimum atomic E-state index is -0.739. The highest BCUT2D eigenvalue weighted by Gasteiger charge is 2.28. The molecule has 2 atom stereocenters. The first-order valence-electron chi connectivity index (χ1n) is 11.4. The molecule has 34 heavy (non-hydrogen) atoms. The molecule has 1 aliphatic rings. The highest BCUT2D eigenvalue weighted by atomic mass is 16.5. The monoisotopic (exact) mass is 459 g/mol. The molecule has 1 fully saturated rings. The highest BCUT2D eigenvalue weighted by Crippen LogP contribution is 2.24. The third-order valence-corrected chi connectivity index (χ3v) is 5.92. The summed E-state index contributed by atoms with van der Waals surface area (Å²) in [6.07, 6.45) is 2.56. The molecule has 2 heterocycles. The Labute approximate surface area is 199 Å². The molecule has 7 nitrogen and oxygen atoms in total. The van der Waals surface area contributed by atoms with Crippen LogP contribution in [0.4, 0.5) is 0 Å². The second-order valence-corrected chi connectivity index (χ2v) is 8.54. The molecular formula is C27H29N3O4. The predicted molar refractivity (Wildman–Crippen MR) is 129 cm³/mol. The van der Waals surface area contributed by atoms with Crippen LogP contribution in [-0.4, -0.2) is 56.9 Å². The third kappa shape index (κ3) is 5.48. The van der Waals surface area contributed by atoms with Gasteiger partial charge in [0.1, 0.15) is 23.7 Å². The SMILES string of the molecule is CC(=O)N1CC(COc2ccc(-c3ccc(C#C[C@@H](CO)n4ccnc4[C@H](C)O)cc3)cc2)C1. The Kier molecular flexibility index (Phi) is 7.31. The van der Waals surface area contributed by atoms with Crippen LogP contribution in [-0.2, 0) is 4.79 Å². The zero-order valence-electron chi connectivity index (χ0n) is 19.4. The maximum Gasteiger partial charge on any atom is 0.219 e. The molecule has 1 amide bonds. The minimum absolute atomic E-state index is 0.120. The number of amides is 1. The number of hydrogen-bond donors (Lipinski definition) is 2. The molecule has 0 bridgehead atoms. The Morgan fingerprint density at radius 2 is 1.79 bits per heavy atom.